The van der Waals surface area contributed by atoms with Gasteiger partial charge < -0.3 is 4.74 Å². The number of carbonyl (C=O) groups is 1. The topological polar surface area (TPSA) is 75.1 Å². The van der Waals surface area contributed by atoms with Gasteiger partial charge >= 0.3 is 5.97 Å². The molecule has 0 saturated carbocycles. The summed E-state index contributed by atoms with van der Waals surface area (Å²) in [5.41, 5.74) is 10.0. The van der Waals surface area contributed by atoms with E-state index in [2.05, 4.69) is 22.7 Å². The summed E-state index contributed by atoms with van der Waals surface area (Å²) in [6, 6.07) is 7.30. The third-order valence-electron chi connectivity index (χ3n) is 2.16. The Balaban J connectivity index is 3.01. The number of nitrogens with zero attached hydrogens (tertiary/aromatic N) is 3. The minimum absolute atomic E-state index is 0.241. The van der Waals surface area contributed by atoms with Gasteiger partial charge in [-0.3, -0.25) is 4.79 Å². The Hall–Kier alpha value is -1.91. The Labute approximate surface area is 110 Å². The van der Waals surface area contributed by atoms with Crippen molar-refractivity contribution in [2.45, 2.75) is 19.1 Å². The predicted octanol–water partition coefficient (Wildman–Crippen LogP) is 3.68. The Kier molecular flexibility index (Phi) is 5.84. The Morgan fingerprint density at radius 2 is 2.17 bits per heavy atom. The van der Waals surface area contributed by atoms with Gasteiger partial charge in [0.05, 0.1) is 0 Å². The van der Waals surface area contributed by atoms with Crippen molar-refractivity contribution >= 4 is 24.4 Å². The maximum absolute atomic E-state index is 11.3. The van der Waals surface area contributed by atoms with Crippen molar-refractivity contribution in [2.24, 2.45) is 5.11 Å². The van der Waals surface area contributed by atoms with Crippen LogP contribution in [0.4, 0.5) is 0 Å². The summed E-state index contributed by atoms with van der Waals surface area (Å²) in [6.07, 6.45) is 1.44. The van der Waals surface area contributed by atoms with Crippen molar-refractivity contribution in [1.29, 1.82) is 0 Å². The van der Waals surface area contributed by atoms with E-state index in [1.807, 2.05) is 12.1 Å². The first-order valence-corrected chi connectivity index (χ1v) is 5.99. The van der Waals surface area contributed by atoms with Crippen LogP contribution in [0.3, 0.4) is 0 Å². The Bertz CT molecular complexity index is 491. The second-order valence-corrected chi connectivity index (χ2v) is 3.70. The highest BCUT2D eigenvalue weighted by molar-refractivity contribution is 7.79. The average Bonchev–Trinajstić information content (AvgIpc) is 2.43. The van der Waals surface area contributed by atoms with Crippen molar-refractivity contribution < 1.29 is 9.53 Å². The molecule has 18 heavy (non-hydrogen) atoms. The standard InChI is InChI=1S/C12H13N3O2S/c1-2-12(16)17-11(7-14-15-13)10-5-3-9(8-18)4-6-10/h3-7,18H,2,8H2,1H3/b11-7+. The SMILES string of the molecule is CCC(=O)O/C(=C/N=[N+]=[N-])c1ccc(CS)cc1. The number of ether oxygens (including phenoxy) is 1. The largest absolute Gasteiger partial charge is 0.426 e. The van der Waals surface area contributed by atoms with Gasteiger partial charge in [0.1, 0.15) is 5.76 Å². The van der Waals surface area contributed by atoms with Gasteiger partial charge in [0.15, 0.2) is 0 Å². The van der Waals surface area contributed by atoms with Crippen LogP contribution in [0.15, 0.2) is 35.6 Å². The molecule has 0 fully saturated rings. The smallest absolute Gasteiger partial charge is 0.310 e. The third kappa shape index (κ3) is 4.16. The molecule has 1 aromatic carbocycles. The number of thiol groups is 1. The maximum atomic E-state index is 11.3. The first-order valence-electron chi connectivity index (χ1n) is 5.36. The molecular formula is C12H13N3O2S. The monoisotopic (exact) mass is 263 g/mol. The quantitative estimate of drug-likeness (QED) is 0.220. The lowest BCUT2D eigenvalue weighted by atomic mass is 10.1. The molecule has 0 aromatic heterocycles. The third-order valence-corrected chi connectivity index (χ3v) is 2.53. The van der Waals surface area contributed by atoms with Crippen LogP contribution in [-0.2, 0) is 15.3 Å². The summed E-state index contributed by atoms with van der Waals surface area (Å²) < 4.78 is 5.10. The molecule has 0 aliphatic carbocycles. The molecule has 0 heterocycles. The van der Waals surface area contributed by atoms with Gasteiger partial charge in [0.25, 0.3) is 0 Å². The molecule has 0 bridgehead atoms. The number of benzene rings is 1. The van der Waals surface area contributed by atoms with Gasteiger partial charge in [-0.05, 0) is 11.1 Å². The zero-order chi connectivity index (χ0) is 13.4. The molecule has 0 radical (unpaired) electrons. The van der Waals surface area contributed by atoms with Crippen LogP contribution in [0.1, 0.15) is 24.5 Å². The van der Waals surface area contributed by atoms with Crippen LogP contribution in [0.25, 0.3) is 16.2 Å². The lowest BCUT2D eigenvalue weighted by molar-refractivity contribution is -0.136. The van der Waals surface area contributed by atoms with E-state index in [0.29, 0.717) is 11.3 Å². The fourth-order valence-corrected chi connectivity index (χ4v) is 1.42. The van der Waals surface area contributed by atoms with E-state index in [1.54, 1.807) is 19.1 Å². The Morgan fingerprint density at radius 1 is 1.50 bits per heavy atom. The van der Waals surface area contributed by atoms with E-state index >= 15 is 0 Å². The number of hydrogen-bond donors (Lipinski definition) is 1. The zero-order valence-electron chi connectivity index (χ0n) is 9.91. The van der Waals surface area contributed by atoms with Crippen LogP contribution < -0.4 is 0 Å². The molecule has 1 aromatic rings. The van der Waals surface area contributed by atoms with Gasteiger partial charge in [-0.1, -0.05) is 36.3 Å². The molecule has 6 heteroatoms. The summed E-state index contributed by atoms with van der Waals surface area (Å²) in [6.45, 7) is 1.69. The van der Waals surface area contributed by atoms with Gasteiger partial charge in [-0.25, -0.2) is 0 Å². The van der Waals surface area contributed by atoms with Crippen molar-refractivity contribution in [1.82, 2.24) is 0 Å². The lowest BCUT2D eigenvalue weighted by Crippen LogP contribution is -2.01. The van der Waals surface area contributed by atoms with Crippen LogP contribution in [0, 0.1) is 0 Å². The first kappa shape index (κ1) is 14.2. The summed E-state index contributed by atoms with van der Waals surface area (Å²) in [4.78, 5) is 13.9. The molecule has 0 N–H and O–H groups in total. The molecule has 0 aliphatic rings. The van der Waals surface area contributed by atoms with Crippen LogP contribution >= 0.6 is 12.6 Å². The maximum Gasteiger partial charge on any atom is 0.310 e. The molecule has 94 valence electrons. The fraction of sp³-hybridized carbons (Fsp3) is 0.250. The second-order valence-electron chi connectivity index (χ2n) is 3.38. The Morgan fingerprint density at radius 3 is 2.67 bits per heavy atom. The van der Waals surface area contributed by atoms with Gasteiger partial charge in [-0.2, -0.15) is 12.6 Å². The molecule has 0 saturated heterocycles. The molecule has 0 unspecified atom stereocenters. The number of azide groups is 1. The van der Waals surface area contributed by atoms with Crippen molar-refractivity contribution in [3.05, 3.63) is 52.0 Å². The number of hydrogen-bond acceptors (Lipinski definition) is 4. The molecule has 0 amide bonds. The average molecular weight is 263 g/mol. The minimum Gasteiger partial charge on any atom is -0.426 e. The second kappa shape index (κ2) is 7.42. The minimum atomic E-state index is -0.382. The molecule has 0 spiro atoms. The summed E-state index contributed by atoms with van der Waals surface area (Å²) in [5, 5.41) is 3.30. The van der Waals surface area contributed by atoms with E-state index < -0.39 is 0 Å². The summed E-state index contributed by atoms with van der Waals surface area (Å²) in [5.74, 6) is 0.489. The normalized spacial score (nSPS) is 10.7. The van der Waals surface area contributed by atoms with E-state index in [0.717, 1.165) is 5.56 Å². The molecule has 1 rings (SSSR count). The summed E-state index contributed by atoms with van der Waals surface area (Å²) in [7, 11) is 0. The van der Waals surface area contributed by atoms with Crippen molar-refractivity contribution in [3.8, 4) is 0 Å². The highest BCUT2D eigenvalue weighted by atomic mass is 32.1. The highest BCUT2D eigenvalue weighted by Gasteiger charge is 2.07. The number of carbonyl (C=O) groups excluding carboxylic acids is 1. The fourth-order valence-electron chi connectivity index (χ4n) is 1.21. The van der Waals surface area contributed by atoms with E-state index in [9.17, 15) is 4.79 Å². The van der Waals surface area contributed by atoms with Crippen LogP contribution in [-0.4, -0.2) is 5.97 Å². The predicted molar refractivity (Wildman–Crippen MR) is 72.6 cm³/mol. The highest BCUT2D eigenvalue weighted by Crippen LogP contribution is 2.18. The van der Waals surface area contributed by atoms with Gasteiger partial charge in [0, 0.05) is 28.8 Å². The molecule has 0 aliphatic heterocycles. The molecular weight excluding hydrogens is 250 g/mol. The lowest BCUT2D eigenvalue weighted by Gasteiger charge is -2.08. The van der Waals surface area contributed by atoms with Crippen molar-refractivity contribution in [2.75, 3.05) is 0 Å². The van der Waals surface area contributed by atoms with E-state index in [-0.39, 0.29) is 18.1 Å². The van der Waals surface area contributed by atoms with E-state index in [4.69, 9.17) is 10.3 Å². The summed E-state index contributed by atoms with van der Waals surface area (Å²) >= 11 is 4.16. The zero-order valence-corrected chi connectivity index (χ0v) is 10.8. The first-order chi connectivity index (χ1) is 8.71. The van der Waals surface area contributed by atoms with Crippen LogP contribution in [0.5, 0.6) is 0 Å². The van der Waals surface area contributed by atoms with Crippen molar-refractivity contribution in [3.63, 3.8) is 0 Å². The van der Waals surface area contributed by atoms with Crippen LogP contribution in [0.2, 0.25) is 0 Å². The number of esters is 1. The van der Waals surface area contributed by atoms with E-state index in [1.165, 1.54) is 6.20 Å². The van der Waals surface area contributed by atoms with Gasteiger partial charge in [0.2, 0.25) is 0 Å². The molecule has 0 atom stereocenters. The number of rotatable bonds is 5. The molecule has 5 nitrogen and oxygen atoms in total. The van der Waals surface area contributed by atoms with Gasteiger partial charge in [-0.15, -0.1) is 0 Å².